The van der Waals surface area contributed by atoms with Crippen molar-refractivity contribution < 1.29 is 19.6 Å². The molecule has 1 aromatic heterocycles. The molecule has 0 radical (unpaired) electrons. The van der Waals surface area contributed by atoms with E-state index in [0.717, 1.165) is 22.7 Å². The fraction of sp³-hybridized carbons (Fsp3) is 0.625. The summed E-state index contributed by atoms with van der Waals surface area (Å²) in [5, 5.41) is 12.4. The van der Waals surface area contributed by atoms with Gasteiger partial charge in [-0.2, -0.15) is 0 Å². The van der Waals surface area contributed by atoms with Gasteiger partial charge in [0.1, 0.15) is 6.04 Å². The van der Waals surface area contributed by atoms with E-state index in [-0.39, 0.29) is 5.91 Å². The van der Waals surface area contributed by atoms with Gasteiger partial charge in [0, 0.05) is 24.7 Å². The van der Waals surface area contributed by atoms with Crippen molar-refractivity contribution in [3.8, 4) is 0 Å². The Morgan fingerprint density at radius 3 is 2.62 bits per heavy atom. The minimum absolute atomic E-state index is 0.134. The van der Waals surface area contributed by atoms with Crippen molar-refractivity contribution in [2.24, 2.45) is 5.73 Å². The molecular weight excluding hydrogens is 358 g/mol. The predicted octanol–water partition coefficient (Wildman–Crippen LogP) is 0.654. The lowest BCUT2D eigenvalue weighted by molar-refractivity contribution is -0.144. The molecule has 0 bridgehead atoms. The van der Waals surface area contributed by atoms with Crippen molar-refractivity contribution >= 4 is 29.2 Å². The minimum Gasteiger partial charge on any atom is -0.352 e. The summed E-state index contributed by atoms with van der Waals surface area (Å²) in [5.74, 6) is -0.759. The number of aromatic nitrogens is 1. The molecule has 0 aromatic carbocycles. The van der Waals surface area contributed by atoms with E-state index in [4.69, 9.17) is 10.9 Å². The summed E-state index contributed by atoms with van der Waals surface area (Å²) in [6.45, 7) is 2.28. The molecule has 1 aliphatic rings. The Balaban J connectivity index is 2.01. The number of amides is 4. The van der Waals surface area contributed by atoms with Crippen LogP contribution in [0.15, 0.2) is 6.20 Å². The molecule has 0 aliphatic heterocycles. The molecule has 1 aliphatic carbocycles. The van der Waals surface area contributed by atoms with E-state index in [1.165, 1.54) is 16.2 Å². The summed E-state index contributed by atoms with van der Waals surface area (Å²) in [7, 11) is 1.58. The van der Waals surface area contributed by atoms with E-state index in [0.29, 0.717) is 25.8 Å². The number of rotatable bonds is 9. The highest BCUT2D eigenvalue weighted by molar-refractivity contribution is 7.11. The van der Waals surface area contributed by atoms with Gasteiger partial charge in [-0.05, 0) is 39.0 Å². The maximum Gasteiger partial charge on any atom is 0.312 e. The molecule has 9 nitrogen and oxygen atoms in total. The van der Waals surface area contributed by atoms with Crippen LogP contribution in [0.1, 0.15) is 42.0 Å². The summed E-state index contributed by atoms with van der Waals surface area (Å²) in [5.41, 5.74) is 6.05. The molecule has 26 heavy (non-hydrogen) atoms. The lowest BCUT2D eigenvalue weighted by Crippen LogP contribution is -2.50. The number of likely N-dealkylation sites (N-methyl/N-ethyl adjacent to an activating group) is 1. The molecule has 1 atom stereocenters. The summed E-state index contributed by atoms with van der Waals surface area (Å²) < 4.78 is 0. The Bertz CT molecular complexity index is 673. The Morgan fingerprint density at radius 1 is 1.42 bits per heavy atom. The van der Waals surface area contributed by atoms with Crippen molar-refractivity contribution in [3.63, 3.8) is 0 Å². The number of nitrogens with zero attached hydrogens (tertiary/aromatic N) is 2. The van der Waals surface area contributed by atoms with Gasteiger partial charge in [-0.1, -0.05) is 0 Å². The van der Waals surface area contributed by atoms with Crippen LogP contribution in [0.3, 0.4) is 0 Å². The maximum atomic E-state index is 13.0. The second kappa shape index (κ2) is 8.45. The second-order valence-corrected chi connectivity index (χ2v) is 7.76. The quantitative estimate of drug-likeness (QED) is 0.282. The van der Waals surface area contributed by atoms with Crippen molar-refractivity contribution in [3.05, 3.63) is 16.1 Å². The van der Waals surface area contributed by atoms with Crippen LogP contribution in [0.25, 0.3) is 0 Å². The van der Waals surface area contributed by atoms with Crippen molar-refractivity contribution in [2.45, 2.75) is 50.5 Å². The monoisotopic (exact) mass is 383 g/mol. The molecule has 0 spiro atoms. The third-order valence-corrected chi connectivity index (χ3v) is 5.77. The van der Waals surface area contributed by atoms with Gasteiger partial charge in [0.2, 0.25) is 5.91 Å². The van der Waals surface area contributed by atoms with Gasteiger partial charge >= 0.3 is 6.03 Å². The van der Waals surface area contributed by atoms with E-state index in [9.17, 15) is 14.4 Å². The lowest BCUT2D eigenvalue weighted by Gasteiger charge is -2.29. The number of nitrogens with two attached hydrogens (primary N) is 1. The molecule has 5 N–H and O–H groups in total. The molecule has 2 rings (SSSR count). The van der Waals surface area contributed by atoms with E-state index in [2.05, 4.69) is 10.3 Å². The standard InChI is InChI=1S/C16H25N5O4S/c1-10-19-9-12(26-10)16(6-7-16)14(23)21(2)11(13(22)20-25)5-3-4-8-18-15(17)24/h9,11,25H,3-8H2,1-2H3,(H,20,22)(H3,17,18,24)/t11-/m1/s1. The first kappa shape index (κ1) is 20.1. The molecule has 1 saturated carbocycles. The maximum absolute atomic E-state index is 13.0. The van der Waals surface area contributed by atoms with E-state index in [1.807, 2.05) is 6.92 Å². The Labute approximate surface area is 155 Å². The highest BCUT2D eigenvalue weighted by Gasteiger charge is 2.54. The average Bonchev–Trinajstić information content (AvgIpc) is 3.31. The van der Waals surface area contributed by atoms with Crippen LogP contribution >= 0.6 is 11.3 Å². The number of unbranched alkanes of at least 4 members (excludes halogenated alkanes) is 1. The summed E-state index contributed by atoms with van der Waals surface area (Å²) >= 11 is 1.50. The highest BCUT2D eigenvalue weighted by Crippen LogP contribution is 2.51. The van der Waals surface area contributed by atoms with Gasteiger partial charge in [-0.25, -0.2) is 15.3 Å². The first-order valence-corrected chi connectivity index (χ1v) is 9.31. The van der Waals surface area contributed by atoms with Crippen LogP contribution in [0.5, 0.6) is 0 Å². The number of urea groups is 1. The molecule has 144 valence electrons. The summed E-state index contributed by atoms with van der Waals surface area (Å²) in [6.07, 6.45) is 4.76. The second-order valence-electron chi connectivity index (χ2n) is 6.52. The number of carbonyl (C=O) groups excluding carboxylic acids is 3. The third-order valence-electron chi connectivity index (χ3n) is 4.66. The number of primary amides is 1. The molecule has 1 heterocycles. The number of nitrogens with one attached hydrogen (secondary N) is 2. The SMILES string of the molecule is Cc1ncc(C2(C(=O)N(C)[C@H](CCCCNC(N)=O)C(=O)NO)CC2)s1. The highest BCUT2D eigenvalue weighted by atomic mass is 32.1. The first-order valence-electron chi connectivity index (χ1n) is 8.49. The number of carbonyl (C=O) groups is 3. The summed E-state index contributed by atoms with van der Waals surface area (Å²) in [6, 6.07) is -1.38. The molecule has 1 aromatic rings. The smallest absolute Gasteiger partial charge is 0.312 e. The number of hydroxylamine groups is 1. The van der Waals surface area contributed by atoms with Crippen LogP contribution in [-0.4, -0.2) is 52.6 Å². The molecule has 4 amide bonds. The predicted molar refractivity (Wildman–Crippen MR) is 95.7 cm³/mol. The van der Waals surface area contributed by atoms with Gasteiger partial charge in [0.15, 0.2) is 0 Å². The normalized spacial score (nSPS) is 15.8. The van der Waals surface area contributed by atoms with Gasteiger partial charge in [0.05, 0.1) is 10.4 Å². The molecule has 10 heteroatoms. The number of thiazole rings is 1. The minimum atomic E-state index is -0.785. The molecular formula is C16H25N5O4S. The van der Waals surface area contributed by atoms with Crippen LogP contribution < -0.4 is 16.5 Å². The van der Waals surface area contributed by atoms with Crippen LogP contribution in [0.2, 0.25) is 0 Å². The molecule has 0 unspecified atom stereocenters. The number of aryl methyl sites for hydroxylation is 1. The zero-order valence-corrected chi connectivity index (χ0v) is 15.8. The number of hydrogen-bond donors (Lipinski definition) is 4. The number of hydrogen-bond acceptors (Lipinski definition) is 6. The third kappa shape index (κ3) is 4.50. The topological polar surface area (TPSA) is 138 Å². The van der Waals surface area contributed by atoms with E-state index in [1.54, 1.807) is 18.7 Å². The van der Waals surface area contributed by atoms with Gasteiger partial charge in [0.25, 0.3) is 5.91 Å². The fourth-order valence-electron chi connectivity index (χ4n) is 3.00. The van der Waals surface area contributed by atoms with Crippen molar-refractivity contribution in [1.29, 1.82) is 0 Å². The van der Waals surface area contributed by atoms with Gasteiger partial charge in [-0.15, -0.1) is 11.3 Å². The van der Waals surface area contributed by atoms with Gasteiger partial charge in [-0.3, -0.25) is 14.8 Å². The van der Waals surface area contributed by atoms with E-state index >= 15 is 0 Å². The summed E-state index contributed by atoms with van der Waals surface area (Å²) in [4.78, 5) is 42.3. The van der Waals surface area contributed by atoms with Crippen LogP contribution in [0.4, 0.5) is 4.79 Å². The Kier molecular flexibility index (Phi) is 6.54. The van der Waals surface area contributed by atoms with Crippen LogP contribution in [-0.2, 0) is 15.0 Å². The molecule has 0 saturated heterocycles. The molecule has 1 fully saturated rings. The Hall–Kier alpha value is -2.20. The zero-order chi connectivity index (χ0) is 19.3. The average molecular weight is 383 g/mol. The Morgan fingerprint density at radius 2 is 2.12 bits per heavy atom. The van der Waals surface area contributed by atoms with Gasteiger partial charge < -0.3 is 16.0 Å². The van der Waals surface area contributed by atoms with Crippen molar-refractivity contribution in [1.82, 2.24) is 20.7 Å². The fourth-order valence-corrected chi connectivity index (χ4v) is 4.02. The van der Waals surface area contributed by atoms with E-state index < -0.39 is 23.4 Å². The lowest BCUT2D eigenvalue weighted by atomic mass is 10.0. The first-order chi connectivity index (χ1) is 12.3. The largest absolute Gasteiger partial charge is 0.352 e. The van der Waals surface area contributed by atoms with Crippen molar-refractivity contribution in [2.75, 3.05) is 13.6 Å². The van der Waals surface area contributed by atoms with Crippen LogP contribution in [0, 0.1) is 6.92 Å². The zero-order valence-electron chi connectivity index (χ0n) is 14.9.